The fourth-order valence-corrected chi connectivity index (χ4v) is 1.71. The van der Waals surface area contributed by atoms with Crippen molar-refractivity contribution in [3.63, 3.8) is 0 Å². The van der Waals surface area contributed by atoms with Gasteiger partial charge >= 0.3 is 0 Å². The van der Waals surface area contributed by atoms with Crippen LogP contribution in [0.5, 0.6) is 0 Å². The third kappa shape index (κ3) is 3.38. The predicted molar refractivity (Wildman–Crippen MR) is 81.7 cm³/mol. The fourth-order valence-electron chi connectivity index (χ4n) is 1.71. The minimum absolute atomic E-state index is 0.213. The smallest absolute Gasteiger partial charge is 0.269 e. The average molecular weight is 267 g/mol. The molecule has 0 saturated heterocycles. The van der Waals surface area contributed by atoms with Crippen LogP contribution < -0.4 is 16.6 Å². The zero-order valence-corrected chi connectivity index (χ0v) is 11.3. The van der Waals surface area contributed by atoms with Crippen molar-refractivity contribution >= 4 is 17.3 Å². The number of hydrazine groups is 1. The zero-order valence-electron chi connectivity index (χ0n) is 11.3. The summed E-state index contributed by atoms with van der Waals surface area (Å²) >= 11 is 0. The number of carbonyl (C=O) groups is 1. The molecular formula is C16H17N3O. The highest BCUT2D eigenvalue weighted by Crippen LogP contribution is 2.12. The molecule has 1 amide bonds. The first kappa shape index (κ1) is 13.7. The number of amides is 1. The van der Waals surface area contributed by atoms with Gasteiger partial charge in [-0.3, -0.25) is 15.6 Å². The van der Waals surface area contributed by atoms with Crippen LogP contribution in [0.2, 0.25) is 0 Å². The van der Waals surface area contributed by atoms with Crippen molar-refractivity contribution in [2.45, 2.75) is 6.92 Å². The molecule has 0 bridgehead atoms. The molecule has 0 radical (unpaired) electrons. The highest BCUT2D eigenvalue weighted by atomic mass is 16.2. The van der Waals surface area contributed by atoms with Crippen LogP contribution in [0.15, 0.2) is 55.1 Å². The van der Waals surface area contributed by atoms with Gasteiger partial charge in [0.2, 0.25) is 0 Å². The quantitative estimate of drug-likeness (QED) is 0.589. The molecule has 2 rings (SSSR count). The molecule has 0 aliphatic carbocycles. The van der Waals surface area contributed by atoms with Gasteiger partial charge in [-0.2, -0.15) is 0 Å². The van der Waals surface area contributed by atoms with E-state index >= 15 is 0 Å². The topological polar surface area (TPSA) is 67.1 Å². The molecule has 102 valence electrons. The van der Waals surface area contributed by atoms with Crippen LogP contribution in [0.1, 0.15) is 21.5 Å². The van der Waals surface area contributed by atoms with Gasteiger partial charge in [0.05, 0.1) is 5.70 Å². The number of nitrogen functional groups attached to an aromatic ring is 1. The summed E-state index contributed by atoms with van der Waals surface area (Å²) in [5.41, 5.74) is 14.9. The second-order valence-corrected chi connectivity index (χ2v) is 4.55. The van der Waals surface area contributed by atoms with Crippen LogP contribution >= 0.6 is 0 Å². The standard InChI is InChI=1S/C16H17N3O/c1-11-6-8-13(9-7-11)16(20)19-18-12(2)14-4-3-5-15(17)10-14/h3-10,18H,2,17H2,1H3,(H,19,20). The molecule has 0 saturated carbocycles. The monoisotopic (exact) mass is 267 g/mol. The van der Waals surface area contributed by atoms with Crippen molar-refractivity contribution < 1.29 is 4.79 Å². The van der Waals surface area contributed by atoms with Crippen LogP contribution in [0.3, 0.4) is 0 Å². The third-order valence-corrected chi connectivity index (χ3v) is 2.88. The number of carbonyl (C=O) groups excluding carboxylic acids is 1. The number of hydrogen-bond acceptors (Lipinski definition) is 3. The summed E-state index contributed by atoms with van der Waals surface area (Å²) in [6, 6.07) is 14.6. The Bertz CT molecular complexity index is 632. The van der Waals surface area contributed by atoms with Gasteiger partial charge < -0.3 is 5.73 Å². The second-order valence-electron chi connectivity index (χ2n) is 4.55. The molecule has 0 atom stereocenters. The molecular weight excluding hydrogens is 250 g/mol. The lowest BCUT2D eigenvalue weighted by Gasteiger charge is -2.11. The summed E-state index contributed by atoms with van der Waals surface area (Å²) in [7, 11) is 0. The summed E-state index contributed by atoms with van der Waals surface area (Å²) in [5, 5.41) is 0. The van der Waals surface area contributed by atoms with E-state index in [1.807, 2.05) is 31.2 Å². The number of anilines is 1. The number of nitrogens with one attached hydrogen (secondary N) is 2. The Labute approximate surface area is 118 Å². The summed E-state index contributed by atoms with van der Waals surface area (Å²) in [6.45, 7) is 5.84. The maximum absolute atomic E-state index is 11.9. The van der Waals surface area contributed by atoms with Gasteiger partial charge in [-0.15, -0.1) is 0 Å². The molecule has 0 heterocycles. The van der Waals surface area contributed by atoms with Crippen LogP contribution in [0.25, 0.3) is 5.70 Å². The largest absolute Gasteiger partial charge is 0.399 e. The molecule has 0 unspecified atom stereocenters. The number of aryl methyl sites for hydroxylation is 1. The fraction of sp³-hybridized carbons (Fsp3) is 0.0625. The van der Waals surface area contributed by atoms with Gasteiger partial charge in [0, 0.05) is 16.8 Å². The van der Waals surface area contributed by atoms with Crippen LogP contribution in [0, 0.1) is 6.92 Å². The molecule has 0 fully saturated rings. The highest BCUT2D eigenvalue weighted by Gasteiger charge is 2.05. The Hall–Kier alpha value is -2.75. The van der Waals surface area contributed by atoms with Crippen molar-refractivity contribution in [2.24, 2.45) is 0 Å². The Morgan fingerprint density at radius 1 is 1.05 bits per heavy atom. The van der Waals surface area contributed by atoms with E-state index in [9.17, 15) is 4.79 Å². The van der Waals surface area contributed by atoms with E-state index in [0.717, 1.165) is 11.1 Å². The number of rotatable bonds is 4. The Morgan fingerprint density at radius 3 is 2.40 bits per heavy atom. The van der Waals surface area contributed by atoms with Crippen LogP contribution in [0.4, 0.5) is 5.69 Å². The molecule has 0 aliphatic rings. The van der Waals surface area contributed by atoms with Crippen molar-refractivity contribution in [1.29, 1.82) is 0 Å². The Kier molecular flexibility index (Phi) is 4.05. The van der Waals surface area contributed by atoms with Crippen LogP contribution in [-0.4, -0.2) is 5.91 Å². The Morgan fingerprint density at radius 2 is 1.75 bits per heavy atom. The molecule has 20 heavy (non-hydrogen) atoms. The van der Waals surface area contributed by atoms with E-state index in [1.54, 1.807) is 24.3 Å². The van der Waals surface area contributed by atoms with E-state index in [2.05, 4.69) is 17.4 Å². The molecule has 2 aromatic carbocycles. The zero-order chi connectivity index (χ0) is 14.5. The number of hydrogen-bond donors (Lipinski definition) is 3. The van der Waals surface area contributed by atoms with Crippen molar-refractivity contribution in [1.82, 2.24) is 10.9 Å². The molecule has 0 aliphatic heterocycles. The average Bonchev–Trinajstić information content (AvgIpc) is 2.45. The van der Waals surface area contributed by atoms with E-state index in [1.165, 1.54) is 0 Å². The highest BCUT2D eigenvalue weighted by molar-refractivity contribution is 5.94. The SMILES string of the molecule is C=C(NNC(=O)c1ccc(C)cc1)c1cccc(N)c1. The minimum atomic E-state index is -0.213. The van der Waals surface area contributed by atoms with Gasteiger partial charge in [-0.25, -0.2) is 0 Å². The summed E-state index contributed by atoms with van der Waals surface area (Å²) < 4.78 is 0. The van der Waals surface area contributed by atoms with Gasteiger partial charge in [-0.05, 0) is 31.2 Å². The molecule has 2 aromatic rings. The first-order valence-electron chi connectivity index (χ1n) is 6.24. The van der Waals surface area contributed by atoms with E-state index < -0.39 is 0 Å². The van der Waals surface area contributed by atoms with Crippen molar-refractivity contribution in [3.8, 4) is 0 Å². The summed E-state index contributed by atoms with van der Waals surface area (Å²) in [6.07, 6.45) is 0. The minimum Gasteiger partial charge on any atom is -0.399 e. The van der Waals surface area contributed by atoms with Crippen molar-refractivity contribution in [2.75, 3.05) is 5.73 Å². The third-order valence-electron chi connectivity index (χ3n) is 2.88. The summed E-state index contributed by atoms with van der Waals surface area (Å²) in [5.74, 6) is -0.213. The molecule has 4 heteroatoms. The maximum atomic E-state index is 11.9. The van der Waals surface area contributed by atoms with Gasteiger partial charge in [0.25, 0.3) is 5.91 Å². The van der Waals surface area contributed by atoms with E-state index in [-0.39, 0.29) is 5.91 Å². The first-order chi connectivity index (χ1) is 9.56. The predicted octanol–water partition coefficient (Wildman–Crippen LogP) is 2.48. The number of benzene rings is 2. The van der Waals surface area contributed by atoms with E-state index in [0.29, 0.717) is 16.9 Å². The van der Waals surface area contributed by atoms with Gasteiger partial charge in [0.15, 0.2) is 0 Å². The normalized spacial score (nSPS) is 9.85. The van der Waals surface area contributed by atoms with Gasteiger partial charge in [0.1, 0.15) is 0 Å². The lowest BCUT2D eigenvalue weighted by molar-refractivity contribution is 0.0942. The first-order valence-corrected chi connectivity index (χ1v) is 6.24. The van der Waals surface area contributed by atoms with Crippen LogP contribution in [-0.2, 0) is 0 Å². The lowest BCUT2D eigenvalue weighted by atomic mass is 10.1. The molecule has 4 N–H and O–H groups in total. The van der Waals surface area contributed by atoms with Crippen molar-refractivity contribution in [3.05, 3.63) is 71.8 Å². The van der Waals surface area contributed by atoms with E-state index in [4.69, 9.17) is 5.73 Å². The number of nitrogens with two attached hydrogens (primary N) is 1. The summed E-state index contributed by atoms with van der Waals surface area (Å²) in [4.78, 5) is 11.9. The Balaban J connectivity index is 1.96. The molecule has 4 nitrogen and oxygen atoms in total. The maximum Gasteiger partial charge on any atom is 0.269 e. The second kappa shape index (κ2) is 5.93. The lowest BCUT2D eigenvalue weighted by Crippen LogP contribution is -2.35. The van der Waals surface area contributed by atoms with Gasteiger partial charge in [-0.1, -0.05) is 36.4 Å². The molecule has 0 aromatic heterocycles. The molecule has 0 spiro atoms.